The number of carbonyl (C=O) groups is 2. The molecule has 1 heterocycles. The van der Waals surface area contributed by atoms with Gasteiger partial charge >= 0.3 is 0 Å². The monoisotopic (exact) mass is 385 g/mol. The van der Waals surface area contributed by atoms with E-state index in [-0.39, 0.29) is 18.8 Å². The third kappa shape index (κ3) is 5.50. The van der Waals surface area contributed by atoms with E-state index in [0.29, 0.717) is 19.4 Å². The molecular formula is C17H24FN3O4S. The largest absolute Gasteiger partial charge is 0.369 e. The SMILES string of the molecule is CS(=O)(=O)N1CCCCC1C(=O)NCC(Cc1ccc(F)cc1)C(N)=O. The molecule has 1 aliphatic heterocycles. The molecule has 7 nitrogen and oxygen atoms in total. The Morgan fingerprint density at radius 3 is 2.54 bits per heavy atom. The summed E-state index contributed by atoms with van der Waals surface area (Å²) in [6.45, 7) is 0.311. The Balaban J connectivity index is 2.00. The van der Waals surface area contributed by atoms with Crippen LogP contribution in [0.2, 0.25) is 0 Å². The second kappa shape index (κ2) is 8.59. The van der Waals surface area contributed by atoms with Crippen LogP contribution in [0.4, 0.5) is 4.39 Å². The number of piperidine rings is 1. The van der Waals surface area contributed by atoms with Crippen molar-refractivity contribution in [1.29, 1.82) is 0 Å². The van der Waals surface area contributed by atoms with Crippen LogP contribution in [-0.2, 0) is 26.0 Å². The minimum Gasteiger partial charge on any atom is -0.369 e. The number of hydrogen-bond donors (Lipinski definition) is 2. The van der Waals surface area contributed by atoms with Crippen molar-refractivity contribution in [2.45, 2.75) is 31.7 Å². The second-order valence-corrected chi connectivity index (χ2v) is 8.50. The van der Waals surface area contributed by atoms with Crippen molar-refractivity contribution in [1.82, 2.24) is 9.62 Å². The fraction of sp³-hybridized carbons (Fsp3) is 0.529. The molecule has 0 aliphatic carbocycles. The number of nitrogens with two attached hydrogens (primary N) is 1. The second-order valence-electron chi connectivity index (χ2n) is 6.56. The molecule has 1 aromatic carbocycles. The summed E-state index contributed by atoms with van der Waals surface area (Å²) in [4.78, 5) is 24.1. The number of nitrogens with one attached hydrogen (secondary N) is 1. The van der Waals surface area contributed by atoms with E-state index in [1.807, 2.05) is 0 Å². The molecule has 3 N–H and O–H groups in total. The average molecular weight is 385 g/mol. The molecule has 1 aliphatic rings. The number of nitrogens with zero attached hydrogens (tertiary/aromatic N) is 1. The van der Waals surface area contributed by atoms with Crippen LogP contribution in [0.1, 0.15) is 24.8 Å². The van der Waals surface area contributed by atoms with Gasteiger partial charge in [0.15, 0.2) is 0 Å². The first-order chi connectivity index (χ1) is 12.2. The van der Waals surface area contributed by atoms with Crippen LogP contribution in [0.5, 0.6) is 0 Å². The first kappa shape index (κ1) is 20.3. The number of carbonyl (C=O) groups excluding carboxylic acids is 2. The average Bonchev–Trinajstić information content (AvgIpc) is 2.59. The van der Waals surface area contributed by atoms with E-state index in [4.69, 9.17) is 5.73 Å². The van der Waals surface area contributed by atoms with Crippen molar-refractivity contribution in [3.05, 3.63) is 35.6 Å². The molecule has 0 bridgehead atoms. The molecule has 0 radical (unpaired) electrons. The van der Waals surface area contributed by atoms with Gasteiger partial charge in [0.1, 0.15) is 11.9 Å². The van der Waals surface area contributed by atoms with Gasteiger partial charge in [-0.3, -0.25) is 9.59 Å². The van der Waals surface area contributed by atoms with Gasteiger partial charge in [0.2, 0.25) is 21.8 Å². The third-order valence-corrected chi connectivity index (χ3v) is 5.79. The molecule has 0 spiro atoms. The highest BCUT2D eigenvalue weighted by Gasteiger charge is 2.34. The van der Waals surface area contributed by atoms with Crippen LogP contribution >= 0.6 is 0 Å². The van der Waals surface area contributed by atoms with E-state index in [1.54, 1.807) is 12.1 Å². The molecule has 0 saturated carbocycles. The fourth-order valence-electron chi connectivity index (χ4n) is 3.08. The lowest BCUT2D eigenvalue weighted by Crippen LogP contribution is -2.52. The Labute approximate surface area is 152 Å². The van der Waals surface area contributed by atoms with Crippen LogP contribution in [-0.4, -0.2) is 49.9 Å². The summed E-state index contributed by atoms with van der Waals surface area (Å²) in [5, 5.41) is 2.65. The van der Waals surface area contributed by atoms with E-state index in [1.165, 1.54) is 16.4 Å². The number of halogens is 1. The van der Waals surface area contributed by atoms with Crippen molar-refractivity contribution < 1.29 is 22.4 Å². The van der Waals surface area contributed by atoms with Crippen LogP contribution < -0.4 is 11.1 Å². The Bertz CT molecular complexity index is 752. The van der Waals surface area contributed by atoms with Gasteiger partial charge in [-0.25, -0.2) is 12.8 Å². The van der Waals surface area contributed by atoms with Crippen LogP contribution in [0.15, 0.2) is 24.3 Å². The van der Waals surface area contributed by atoms with Crippen molar-refractivity contribution in [3.63, 3.8) is 0 Å². The van der Waals surface area contributed by atoms with Crippen molar-refractivity contribution in [2.24, 2.45) is 11.7 Å². The molecule has 9 heteroatoms. The molecule has 1 aromatic rings. The number of benzene rings is 1. The summed E-state index contributed by atoms with van der Waals surface area (Å²) in [5.74, 6) is -2.06. The zero-order chi connectivity index (χ0) is 19.3. The maximum Gasteiger partial charge on any atom is 0.238 e. The van der Waals surface area contributed by atoms with Gasteiger partial charge in [0, 0.05) is 13.1 Å². The first-order valence-electron chi connectivity index (χ1n) is 8.47. The minimum atomic E-state index is -3.48. The highest BCUT2D eigenvalue weighted by Crippen LogP contribution is 2.20. The van der Waals surface area contributed by atoms with Crippen molar-refractivity contribution in [3.8, 4) is 0 Å². The summed E-state index contributed by atoms with van der Waals surface area (Å²) in [6.07, 6.45) is 3.26. The molecule has 0 aromatic heterocycles. The van der Waals surface area contributed by atoms with E-state index < -0.39 is 33.8 Å². The van der Waals surface area contributed by atoms with Gasteiger partial charge in [-0.1, -0.05) is 18.6 Å². The summed E-state index contributed by atoms with van der Waals surface area (Å²) < 4.78 is 37.9. The van der Waals surface area contributed by atoms with E-state index >= 15 is 0 Å². The number of rotatable bonds is 7. The Morgan fingerprint density at radius 1 is 1.31 bits per heavy atom. The lowest BCUT2D eigenvalue weighted by Gasteiger charge is -2.32. The van der Waals surface area contributed by atoms with Crippen molar-refractivity contribution in [2.75, 3.05) is 19.3 Å². The lowest BCUT2D eigenvalue weighted by atomic mass is 9.98. The highest BCUT2D eigenvalue weighted by molar-refractivity contribution is 7.88. The predicted octanol–water partition coefficient (Wildman–Crippen LogP) is 0.400. The van der Waals surface area contributed by atoms with Crippen molar-refractivity contribution >= 4 is 21.8 Å². The topological polar surface area (TPSA) is 110 Å². The molecule has 2 amide bonds. The maximum absolute atomic E-state index is 13.0. The van der Waals surface area contributed by atoms with Gasteiger partial charge in [0.05, 0.1) is 12.2 Å². The Hall–Kier alpha value is -2.00. The molecular weight excluding hydrogens is 361 g/mol. The van der Waals surface area contributed by atoms with Crippen LogP contribution in [0, 0.1) is 11.7 Å². The van der Waals surface area contributed by atoms with Gasteiger partial charge in [-0.05, 0) is 37.0 Å². The Kier molecular flexibility index (Phi) is 6.71. The van der Waals surface area contributed by atoms with E-state index in [0.717, 1.165) is 18.2 Å². The van der Waals surface area contributed by atoms with Crippen LogP contribution in [0.3, 0.4) is 0 Å². The quantitative estimate of drug-likeness (QED) is 0.708. The summed E-state index contributed by atoms with van der Waals surface area (Å²) >= 11 is 0. The summed E-state index contributed by atoms with van der Waals surface area (Å²) in [7, 11) is -3.48. The molecule has 1 fully saturated rings. The number of primary amides is 1. The number of hydrogen-bond acceptors (Lipinski definition) is 4. The minimum absolute atomic E-state index is 0.000352. The normalized spacial score (nSPS) is 19.7. The van der Waals surface area contributed by atoms with E-state index in [9.17, 15) is 22.4 Å². The molecule has 144 valence electrons. The number of sulfonamides is 1. The number of amides is 2. The van der Waals surface area contributed by atoms with Gasteiger partial charge in [-0.15, -0.1) is 0 Å². The highest BCUT2D eigenvalue weighted by atomic mass is 32.2. The van der Waals surface area contributed by atoms with Gasteiger partial charge in [-0.2, -0.15) is 4.31 Å². The standard InChI is InChI=1S/C17H24FN3O4S/c1-26(24,25)21-9-3-2-4-15(21)17(23)20-11-13(16(19)22)10-12-5-7-14(18)8-6-12/h5-8,13,15H,2-4,9-11H2,1H3,(H2,19,22)(H,20,23). The lowest BCUT2D eigenvalue weighted by molar-refractivity contribution is -0.126. The van der Waals surface area contributed by atoms with Gasteiger partial charge < -0.3 is 11.1 Å². The molecule has 1 saturated heterocycles. The first-order valence-corrected chi connectivity index (χ1v) is 10.3. The molecule has 26 heavy (non-hydrogen) atoms. The van der Waals surface area contributed by atoms with Crippen LogP contribution in [0.25, 0.3) is 0 Å². The zero-order valence-electron chi connectivity index (χ0n) is 14.7. The predicted molar refractivity (Wildman–Crippen MR) is 95.0 cm³/mol. The maximum atomic E-state index is 13.0. The smallest absolute Gasteiger partial charge is 0.238 e. The summed E-state index contributed by atoms with van der Waals surface area (Å²) in [5.41, 5.74) is 6.13. The Morgan fingerprint density at radius 2 is 1.96 bits per heavy atom. The third-order valence-electron chi connectivity index (χ3n) is 4.50. The zero-order valence-corrected chi connectivity index (χ0v) is 15.5. The summed E-state index contributed by atoms with van der Waals surface area (Å²) in [6, 6.07) is 4.92. The molecule has 2 atom stereocenters. The fourth-order valence-corrected chi connectivity index (χ4v) is 4.21. The van der Waals surface area contributed by atoms with E-state index in [2.05, 4.69) is 5.32 Å². The molecule has 2 unspecified atom stereocenters. The molecule has 2 rings (SSSR count). The van der Waals surface area contributed by atoms with Gasteiger partial charge in [0.25, 0.3) is 0 Å².